The molecule has 4 saturated heterocycles. The molecule has 0 radical (unpaired) electrons. The molecule has 9 unspecified atom stereocenters. The molecule has 0 aromatic heterocycles. The van der Waals surface area contributed by atoms with Crippen molar-refractivity contribution in [1.29, 1.82) is 0 Å². The van der Waals surface area contributed by atoms with Gasteiger partial charge < -0.3 is 64.2 Å². The van der Waals surface area contributed by atoms with Crippen LogP contribution in [0.1, 0.15) is 91.9 Å². The van der Waals surface area contributed by atoms with Gasteiger partial charge in [0.15, 0.2) is 18.4 Å². The highest BCUT2D eigenvalue weighted by Crippen LogP contribution is 2.71. The Hall–Kier alpha value is -0.520. The molecule has 298 valence electrons. The number of hydrogen-bond acceptors (Lipinski definition) is 13. The summed E-state index contributed by atoms with van der Waals surface area (Å²) in [5, 5.41) is 72.7. The predicted molar refractivity (Wildman–Crippen MR) is 183 cm³/mol. The van der Waals surface area contributed by atoms with Crippen LogP contribution in [0.5, 0.6) is 0 Å². The Labute approximate surface area is 307 Å². The second-order valence-corrected chi connectivity index (χ2v) is 18.7. The van der Waals surface area contributed by atoms with E-state index in [1.54, 1.807) is 0 Å². The standard InChI is InChI=1S/C39H64O13/c1-18-7-12-39(47-17-18)19(2)28-25(52-39)14-24-22-6-5-20-13-21(8-10-37(20,3)23(22)9-11-38(24,28)4)48-36-34(32(45)30(43)27(16-41)50-36)51-35-33(46)31(44)29(42)26(15-40)49-35/h18-36,40-46H,5-17H2,1-4H3/t18-,19-,20+,21-,22?,23?,24-,25-,26?,27?,28?,29+,30-,31?,32?,33?,34?,35-,36+,37-,38-,39+/m0/s1. The zero-order chi connectivity index (χ0) is 36.9. The van der Waals surface area contributed by atoms with Crippen molar-refractivity contribution in [2.45, 2.75) is 171 Å². The van der Waals surface area contributed by atoms with Crippen LogP contribution >= 0.6 is 0 Å². The number of hydrogen-bond donors (Lipinski definition) is 7. The summed E-state index contributed by atoms with van der Waals surface area (Å²) in [6, 6.07) is 0. The number of fused-ring (bicyclic) bond motifs is 7. The molecule has 0 aromatic rings. The number of aliphatic hydroxyl groups excluding tert-OH is 7. The third-order valence-electron chi connectivity index (χ3n) is 16.2. The summed E-state index contributed by atoms with van der Waals surface area (Å²) in [5.41, 5.74) is 0.425. The van der Waals surface area contributed by atoms with Gasteiger partial charge in [0.05, 0.1) is 32.0 Å². The van der Waals surface area contributed by atoms with E-state index in [4.69, 9.17) is 28.4 Å². The third kappa shape index (κ3) is 5.98. The lowest BCUT2D eigenvalue weighted by Gasteiger charge is -2.61. The molecule has 4 aliphatic heterocycles. The van der Waals surface area contributed by atoms with E-state index in [1.165, 1.54) is 25.7 Å². The maximum atomic E-state index is 11.1. The molecular weight excluding hydrogens is 676 g/mol. The monoisotopic (exact) mass is 740 g/mol. The van der Waals surface area contributed by atoms with Crippen molar-refractivity contribution >= 4 is 0 Å². The van der Waals surface area contributed by atoms with E-state index in [0.29, 0.717) is 41.4 Å². The summed E-state index contributed by atoms with van der Waals surface area (Å²) in [5.74, 6) is 3.51. The van der Waals surface area contributed by atoms with Crippen molar-refractivity contribution in [3.63, 3.8) is 0 Å². The number of aliphatic hydroxyl groups is 7. The lowest BCUT2D eigenvalue weighted by molar-refractivity contribution is -0.373. The number of ether oxygens (including phenoxy) is 6. The molecule has 8 fully saturated rings. The first-order chi connectivity index (χ1) is 24.7. The zero-order valence-corrected chi connectivity index (χ0v) is 31.2. The largest absolute Gasteiger partial charge is 0.394 e. The summed E-state index contributed by atoms with van der Waals surface area (Å²) >= 11 is 0. The van der Waals surface area contributed by atoms with Gasteiger partial charge >= 0.3 is 0 Å². The second kappa shape index (κ2) is 14.1. The van der Waals surface area contributed by atoms with Crippen LogP contribution in [0.2, 0.25) is 0 Å². The van der Waals surface area contributed by atoms with Gasteiger partial charge in [0.25, 0.3) is 0 Å². The van der Waals surface area contributed by atoms with Crippen molar-refractivity contribution in [2.75, 3.05) is 19.8 Å². The van der Waals surface area contributed by atoms with Gasteiger partial charge in [-0.3, -0.25) is 0 Å². The fourth-order valence-corrected chi connectivity index (χ4v) is 13.2. The fourth-order valence-electron chi connectivity index (χ4n) is 13.2. The Balaban J connectivity index is 0.942. The minimum absolute atomic E-state index is 0.168. The van der Waals surface area contributed by atoms with Crippen molar-refractivity contribution < 1.29 is 64.2 Å². The van der Waals surface area contributed by atoms with E-state index in [9.17, 15) is 35.7 Å². The van der Waals surface area contributed by atoms with Gasteiger partial charge in [-0.25, -0.2) is 0 Å². The quantitative estimate of drug-likeness (QED) is 0.194. The maximum Gasteiger partial charge on any atom is 0.187 e. The molecule has 13 heteroatoms. The molecule has 0 amide bonds. The van der Waals surface area contributed by atoms with Gasteiger partial charge in [-0.2, -0.15) is 0 Å². The normalized spacial score (nSPS) is 59.0. The highest BCUT2D eigenvalue weighted by Gasteiger charge is 2.69. The molecule has 13 nitrogen and oxygen atoms in total. The molecule has 8 aliphatic rings. The highest BCUT2D eigenvalue weighted by atomic mass is 16.8. The van der Waals surface area contributed by atoms with Crippen LogP contribution in [0.4, 0.5) is 0 Å². The maximum absolute atomic E-state index is 11.1. The first-order valence-corrected chi connectivity index (χ1v) is 20.3. The zero-order valence-electron chi connectivity index (χ0n) is 31.2. The van der Waals surface area contributed by atoms with Gasteiger partial charge in [0.2, 0.25) is 0 Å². The minimum atomic E-state index is -1.71. The van der Waals surface area contributed by atoms with Crippen LogP contribution in [-0.2, 0) is 28.4 Å². The van der Waals surface area contributed by atoms with Gasteiger partial charge in [-0.1, -0.05) is 27.7 Å². The Morgan fingerprint density at radius 1 is 0.673 bits per heavy atom. The highest BCUT2D eigenvalue weighted by molar-refractivity contribution is 5.15. The van der Waals surface area contributed by atoms with Crippen LogP contribution in [0, 0.1) is 52.3 Å². The predicted octanol–water partition coefficient (Wildman–Crippen LogP) is 1.44. The Morgan fingerprint density at radius 3 is 2.06 bits per heavy atom. The molecule has 4 aliphatic carbocycles. The topological polar surface area (TPSA) is 197 Å². The van der Waals surface area contributed by atoms with E-state index in [0.717, 1.165) is 45.1 Å². The third-order valence-corrected chi connectivity index (χ3v) is 16.2. The Bertz CT molecular complexity index is 1260. The SMILES string of the molecule is C[C@H]1CC[C@@]2(OC1)O[C@H]1C[C@H]3C4CC[C@@H]5C[C@@H](O[C@@H]6OC(CO)[C@H](O)C(O)C6O[C@@H]6OC(CO)[C@@H](O)C(O)C6O)CC[C@]5(C)C4CC[C@]3(C)C1[C@@H]2C. The van der Waals surface area contributed by atoms with Crippen LogP contribution in [0.15, 0.2) is 0 Å². The van der Waals surface area contributed by atoms with Gasteiger partial charge in [0, 0.05) is 12.3 Å². The summed E-state index contributed by atoms with van der Waals surface area (Å²) in [6.07, 6.45) is -3.88. The van der Waals surface area contributed by atoms with E-state index in [2.05, 4.69) is 27.7 Å². The summed E-state index contributed by atoms with van der Waals surface area (Å²) in [4.78, 5) is 0. The van der Waals surface area contributed by atoms with Gasteiger partial charge in [0.1, 0.15) is 48.8 Å². The Kier molecular flexibility index (Phi) is 10.4. The van der Waals surface area contributed by atoms with Crippen molar-refractivity contribution in [3.8, 4) is 0 Å². The summed E-state index contributed by atoms with van der Waals surface area (Å²) < 4.78 is 37.5. The molecule has 4 heterocycles. The molecule has 52 heavy (non-hydrogen) atoms. The smallest absolute Gasteiger partial charge is 0.187 e. The lowest BCUT2D eigenvalue weighted by atomic mass is 9.44. The van der Waals surface area contributed by atoms with Gasteiger partial charge in [-0.15, -0.1) is 0 Å². The summed E-state index contributed by atoms with van der Waals surface area (Å²) in [6.45, 7) is 9.33. The molecule has 4 saturated carbocycles. The van der Waals surface area contributed by atoms with E-state index >= 15 is 0 Å². The molecule has 1 spiro atoms. The first-order valence-electron chi connectivity index (χ1n) is 20.3. The molecule has 0 aromatic carbocycles. The second-order valence-electron chi connectivity index (χ2n) is 18.7. The average Bonchev–Trinajstić information content (AvgIpc) is 3.58. The molecule has 0 bridgehead atoms. The molecule has 22 atom stereocenters. The van der Waals surface area contributed by atoms with Gasteiger partial charge in [-0.05, 0) is 104 Å². The Morgan fingerprint density at radius 2 is 1.37 bits per heavy atom. The molecule has 8 rings (SSSR count). The van der Waals surface area contributed by atoms with Crippen LogP contribution in [0.25, 0.3) is 0 Å². The minimum Gasteiger partial charge on any atom is -0.394 e. The fraction of sp³-hybridized carbons (Fsp3) is 1.00. The average molecular weight is 741 g/mol. The summed E-state index contributed by atoms with van der Waals surface area (Å²) in [7, 11) is 0. The molecular formula is C39H64O13. The van der Waals surface area contributed by atoms with Crippen LogP contribution in [0.3, 0.4) is 0 Å². The molecule has 7 N–H and O–H groups in total. The van der Waals surface area contributed by atoms with Crippen molar-refractivity contribution in [3.05, 3.63) is 0 Å². The van der Waals surface area contributed by atoms with Crippen molar-refractivity contribution in [1.82, 2.24) is 0 Å². The number of rotatable bonds is 6. The van der Waals surface area contributed by atoms with Crippen LogP contribution in [-0.4, -0.2) is 135 Å². The van der Waals surface area contributed by atoms with E-state index in [-0.39, 0.29) is 23.0 Å². The lowest BCUT2D eigenvalue weighted by Crippen LogP contribution is -2.65. The van der Waals surface area contributed by atoms with E-state index in [1.807, 2.05) is 0 Å². The van der Waals surface area contributed by atoms with Crippen molar-refractivity contribution in [2.24, 2.45) is 52.3 Å². The first kappa shape index (κ1) is 38.4. The van der Waals surface area contributed by atoms with Crippen LogP contribution < -0.4 is 0 Å². The van der Waals surface area contributed by atoms with E-state index < -0.39 is 80.4 Å².